The number of morpholine rings is 1. The van der Waals surface area contributed by atoms with Crippen LogP contribution in [-0.4, -0.2) is 58.8 Å². The number of aromatic amines is 1. The van der Waals surface area contributed by atoms with Crippen molar-refractivity contribution in [3.63, 3.8) is 0 Å². The number of ether oxygens (including phenoxy) is 1. The van der Waals surface area contributed by atoms with Crippen LogP contribution in [0.5, 0.6) is 0 Å². The second-order valence-electron chi connectivity index (χ2n) is 10.4. The Hall–Kier alpha value is -4.52. The first-order chi connectivity index (χ1) is 20.7. The number of rotatable bonds is 3. The Morgan fingerprint density at radius 1 is 1.07 bits per heavy atom. The largest absolute Gasteiger partial charge is 0.451 e. The number of hydrogen-bond donors (Lipinski definition) is 1. The van der Waals surface area contributed by atoms with Crippen molar-refractivity contribution < 1.29 is 26.7 Å². The van der Waals surface area contributed by atoms with Gasteiger partial charge in [0.25, 0.3) is 5.56 Å². The molecule has 1 N–H and O–H groups in total. The number of pyridine rings is 2. The summed E-state index contributed by atoms with van der Waals surface area (Å²) < 4.78 is 64.3. The molecule has 0 amide bonds. The molecule has 0 saturated carbocycles. The number of aromatic nitrogens is 4. The van der Waals surface area contributed by atoms with Gasteiger partial charge >= 0.3 is 6.18 Å². The Morgan fingerprint density at radius 2 is 1.86 bits per heavy atom. The normalized spacial score (nSPS) is 17.4. The van der Waals surface area contributed by atoms with E-state index in [1.165, 1.54) is 12.4 Å². The zero-order valence-electron chi connectivity index (χ0n) is 23.2. The van der Waals surface area contributed by atoms with Gasteiger partial charge in [-0.3, -0.25) is 9.78 Å². The zero-order chi connectivity index (χ0) is 30.1. The highest BCUT2D eigenvalue weighted by Gasteiger charge is 2.37. The van der Waals surface area contributed by atoms with Crippen molar-refractivity contribution in [3.8, 4) is 11.1 Å². The third kappa shape index (κ3) is 5.76. The van der Waals surface area contributed by atoms with Crippen molar-refractivity contribution in [2.24, 2.45) is 0 Å². The molecule has 6 heterocycles. The highest BCUT2D eigenvalue weighted by atomic mass is 19.4. The summed E-state index contributed by atoms with van der Waals surface area (Å²) in [4.78, 5) is 29.8. The van der Waals surface area contributed by atoms with Crippen molar-refractivity contribution in [1.82, 2.24) is 19.9 Å². The van der Waals surface area contributed by atoms with E-state index in [0.717, 1.165) is 19.0 Å². The van der Waals surface area contributed by atoms with Crippen LogP contribution in [0.3, 0.4) is 0 Å². The lowest BCUT2D eigenvalue weighted by atomic mass is 10.1. The average molecular weight is 597 g/mol. The first kappa shape index (κ1) is 28.6. The molecule has 13 heteroatoms. The molecule has 0 spiro atoms. The summed E-state index contributed by atoms with van der Waals surface area (Å²) in [5.74, 6) is -1.29. The van der Waals surface area contributed by atoms with Crippen LogP contribution in [0.4, 0.5) is 29.1 Å². The quantitative estimate of drug-likeness (QED) is 0.261. The van der Waals surface area contributed by atoms with Gasteiger partial charge in [-0.05, 0) is 44.0 Å². The Bertz CT molecular complexity index is 1820. The Kier molecular flexibility index (Phi) is 7.74. The van der Waals surface area contributed by atoms with Gasteiger partial charge in [0.15, 0.2) is 11.4 Å². The van der Waals surface area contributed by atoms with E-state index in [2.05, 4.69) is 19.9 Å². The molecule has 9 nitrogen and oxygen atoms in total. The van der Waals surface area contributed by atoms with E-state index >= 15 is 0 Å². The van der Waals surface area contributed by atoms with E-state index < -0.39 is 17.8 Å². The van der Waals surface area contributed by atoms with Crippen LogP contribution in [0.1, 0.15) is 25.6 Å². The van der Waals surface area contributed by atoms with Crippen LogP contribution in [0.25, 0.3) is 33.2 Å². The van der Waals surface area contributed by atoms with Gasteiger partial charge in [-0.15, -0.1) is 0 Å². The van der Waals surface area contributed by atoms with Gasteiger partial charge in [0.2, 0.25) is 5.82 Å². The topological polar surface area (TPSA) is 100 Å². The van der Waals surface area contributed by atoms with E-state index in [-0.39, 0.29) is 22.9 Å². The summed E-state index contributed by atoms with van der Waals surface area (Å²) in [5, 5.41) is 0.575. The monoisotopic (exact) mass is 596 g/mol. The molecule has 1 atom stereocenters. The summed E-state index contributed by atoms with van der Waals surface area (Å²) in [6.07, 6.45) is 1.51. The van der Waals surface area contributed by atoms with Gasteiger partial charge in [-0.1, -0.05) is 12.1 Å². The van der Waals surface area contributed by atoms with Gasteiger partial charge in [0.05, 0.1) is 19.4 Å². The second kappa shape index (κ2) is 11.6. The molecule has 0 bridgehead atoms. The Balaban J connectivity index is 0.000000153. The van der Waals surface area contributed by atoms with Crippen LogP contribution in [-0.2, 0) is 10.9 Å². The zero-order valence-corrected chi connectivity index (χ0v) is 23.2. The van der Waals surface area contributed by atoms with Crippen LogP contribution in [0.2, 0.25) is 0 Å². The highest BCUT2D eigenvalue weighted by molar-refractivity contribution is 6.05. The SMILES string of the molecule is CC1COCCN1c1cc(-c2ccncc2F)c[nH]c1=O.FC(F)(F)c1nc(N2CCCC2)c2oc3ccccc3c2n1. The Labute approximate surface area is 243 Å². The van der Waals surface area contributed by atoms with E-state index in [0.29, 0.717) is 66.2 Å². The number of H-pyrrole nitrogens is 1. The molecule has 7 rings (SSSR count). The van der Waals surface area contributed by atoms with Crippen LogP contribution in [0, 0.1) is 5.82 Å². The number of fused-ring (bicyclic) bond motifs is 3. The summed E-state index contributed by atoms with van der Waals surface area (Å²) in [6, 6.07) is 10.4. The molecule has 1 aromatic carbocycles. The van der Waals surface area contributed by atoms with Crippen molar-refractivity contribution >= 4 is 33.6 Å². The summed E-state index contributed by atoms with van der Waals surface area (Å²) in [5.41, 5.74) is 2.48. The van der Waals surface area contributed by atoms with Crippen molar-refractivity contribution in [1.29, 1.82) is 0 Å². The first-order valence-electron chi connectivity index (χ1n) is 13.9. The molecule has 43 heavy (non-hydrogen) atoms. The van der Waals surface area contributed by atoms with E-state index in [9.17, 15) is 22.4 Å². The molecule has 4 aromatic heterocycles. The predicted octanol–water partition coefficient (Wildman–Crippen LogP) is 5.80. The maximum absolute atomic E-state index is 13.8. The van der Waals surface area contributed by atoms with Crippen molar-refractivity contribution in [2.75, 3.05) is 42.6 Å². The number of hydrogen-bond acceptors (Lipinski definition) is 8. The maximum Gasteiger partial charge on any atom is 0.451 e. The lowest BCUT2D eigenvalue weighted by Gasteiger charge is -2.34. The third-order valence-electron chi connectivity index (χ3n) is 7.51. The molecular weight excluding hydrogens is 568 g/mol. The third-order valence-corrected chi connectivity index (χ3v) is 7.51. The molecule has 2 aliphatic heterocycles. The number of para-hydroxylation sites is 1. The Morgan fingerprint density at radius 3 is 2.60 bits per heavy atom. The number of alkyl halides is 3. The number of benzene rings is 1. The summed E-state index contributed by atoms with van der Waals surface area (Å²) in [6.45, 7) is 5.16. The van der Waals surface area contributed by atoms with Gasteiger partial charge in [-0.2, -0.15) is 13.2 Å². The average Bonchev–Trinajstić information content (AvgIpc) is 3.66. The van der Waals surface area contributed by atoms with Crippen LogP contribution < -0.4 is 15.4 Å². The van der Waals surface area contributed by atoms with Gasteiger partial charge < -0.3 is 23.9 Å². The van der Waals surface area contributed by atoms with E-state index in [4.69, 9.17) is 9.15 Å². The minimum Gasteiger partial charge on any atom is -0.450 e. The van der Waals surface area contributed by atoms with Gasteiger partial charge in [0, 0.05) is 54.6 Å². The van der Waals surface area contributed by atoms with Gasteiger partial charge in [-0.25, -0.2) is 14.4 Å². The minimum atomic E-state index is -4.58. The lowest BCUT2D eigenvalue weighted by molar-refractivity contribution is -0.144. The molecule has 5 aromatic rings. The maximum atomic E-state index is 13.8. The summed E-state index contributed by atoms with van der Waals surface area (Å²) >= 11 is 0. The molecule has 2 saturated heterocycles. The van der Waals surface area contributed by atoms with Crippen molar-refractivity contribution in [2.45, 2.75) is 32.0 Å². The second-order valence-corrected chi connectivity index (χ2v) is 10.4. The van der Waals surface area contributed by atoms with E-state index in [1.807, 2.05) is 16.7 Å². The summed E-state index contributed by atoms with van der Waals surface area (Å²) in [7, 11) is 0. The molecule has 224 valence electrons. The lowest BCUT2D eigenvalue weighted by Crippen LogP contribution is -2.45. The number of furan rings is 1. The first-order valence-corrected chi connectivity index (χ1v) is 13.9. The van der Waals surface area contributed by atoms with E-state index in [1.54, 1.807) is 36.4 Å². The molecule has 2 aliphatic rings. The number of nitrogens with zero attached hydrogens (tertiary/aromatic N) is 5. The molecular formula is C30H28F4N6O3. The van der Waals surface area contributed by atoms with Gasteiger partial charge in [0.1, 0.15) is 22.6 Å². The molecule has 0 aliphatic carbocycles. The molecule has 2 fully saturated rings. The molecule has 1 unspecified atom stereocenters. The fourth-order valence-electron chi connectivity index (χ4n) is 5.38. The van der Waals surface area contributed by atoms with Crippen molar-refractivity contribution in [3.05, 3.63) is 77.0 Å². The van der Waals surface area contributed by atoms with Crippen LogP contribution >= 0.6 is 0 Å². The molecule has 0 radical (unpaired) electrons. The highest BCUT2D eigenvalue weighted by Crippen LogP contribution is 2.37. The standard InChI is InChI=1S/C15H12F3N3O.C15H16FN3O2/c16-15(17,18)14-19-11-9-5-1-2-6-10(9)22-12(11)13(20-14)21-7-3-4-8-21;1-10-9-21-5-4-19(10)14-6-11(7-18-15(14)20)12-2-3-17-8-13(12)16/h1-2,5-6H,3-4,7-8H2;2-3,6-8,10H,4-5,9H2,1H3,(H,18,20). The van der Waals surface area contributed by atoms with Crippen LogP contribution in [0.15, 0.2) is 64.2 Å². The predicted molar refractivity (Wildman–Crippen MR) is 154 cm³/mol. The number of nitrogens with one attached hydrogen (secondary N) is 1. The number of anilines is 2. The number of halogens is 4. The fourth-order valence-corrected chi connectivity index (χ4v) is 5.38. The fraction of sp³-hybridized carbons (Fsp3) is 0.333. The minimum absolute atomic E-state index is 0.109. The smallest absolute Gasteiger partial charge is 0.450 e.